The second kappa shape index (κ2) is 7.40. The van der Waals surface area contributed by atoms with Crippen molar-refractivity contribution in [3.8, 4) is 0 Å². The molecule has 2 aromatic rings. The highest BCUT2D eigenvalue weighted by molar-refractivity contribution is 6.07. The van der Waals surface area contributed by atoms with Crippen LogP contribution in [0.1, 0.15) is 21.5 Å². The lowest BCUT2D eigenvalue weighted by Crippen LogP contribution is -2.23. The van der Waals surface area contributed by atoms with Gasteiger partial charge in [-0.05, 0) is 30.7 Å². The van der Waals surface area contributed by atoms with Crippen LogP contribution in [0.25, 0.3) is 6.08 Å². The van der Waals surface area contributed by atoms with Crippen LogP contribution < -0.4 is 5.32 Å². The van der Waals surface area contributed by atoms with Crippen molar-refractivity contribution < 1.29 is 9.59 Å². The van der Waals surface area contributed by atoms with E-state index in [1.807, 2.05) is 31.2 Å². The minimum atomic E-state index is -0.274. The van der Waals surface area contributed by atoms with Crippen molar-refractivity contribution >= 4 is 23.6 Å². The number of hydrogen-bond donors (Lipinski definition) is 1. The molecule has 0 saturated carbocycles. The Morgan fingerprint density at radius 3 is 2.30 bits per heavy atom. The average molecular weight is 308 g/mol. The molecule has 2 aromatic carbocycles. The summed E-state index contributed by atoms with van der Waals surface area (Å²) in [6.45, 7) is 2.01. The number of aryl methyl sites for hydroxylation is 1. The molecule has 0 saturated heterocycles. The van der Waals surface area contributed by atoms with Crippen LogP contribution in [-0.4, -0.2) is 30.8 Å². The smallest absolute Gasteiger partial charge is 0.255 e. The number of carbonyl (C=O) groups excluding carboxylic acids is 2. The zero-order chi connectivity index (χ0) is 16.8. The zero-order valence-electron chi connectivity index (χ0n) is 13.5. The Morgan fingerprint density at radius 2 is 1.65 bits per heavy atom. The first-order valence-electron chi connectivity index (χ1n) is 7.34. The summed E-state index contributed by atoms with van der Waals surface area (Å²) in [5.41, 5.74) is 3.09. The van der Waals surface area contributed by atoms with Gasteiger partial charge in [0.1, 0.15) is 0 Å². The fraction of sp³-hybridized carbons (Fsp3) is 0.158. The van der Waals surface area contributed by atoms with Crippen LogP contribution in [0.2, 0.25) is 0 Å². The quantitative estimate of drug-likeness (QED) is 0.881. The Labute approximate surface area is 136 Å². The Morgan fingerprint density at radius 1 is 1.00 bits per heavy atom. The van der Waals surface area contributed by atoms with Gasteiger partial charge in [-0.15, -0.1) is 0 Å². The summed E-state index contributed by atoms with van der Waals surface area (Å²) in [5.74, 6) is -0.423. The highest BCUT2D eigenvalue weighted by Gasteiger charge is 2.13. The molecule has 2 rings (SSSR count). The van der Waals surface area contributed by atoms with E-state index in [0.29, 0.717) is 11.3 Å². The van der Waals surface area contributed by atoms with Gasteiger partial charge in [0, 0.05) is 20.2 Å². The van der Waals surface area contributed by atoms with E-state index in [4.69, 9.17) is 0 Å². The van der Waals surface area contributed by atoms with E-state index in [9.17, 15) is 9.59 Å². The molecule has 0 unspecified atom stereocenters. The van der Waals surface area contributed by atoms with Crippen LogP contribution in [0.15, 0.2) is 54.6 Å². The fourth-order valence-electron chi connectivity index (χ4n) is 2.04. The third kappa shape index (κ3) is 4.54. The topological polar surface area (TPSA) is 49.4 Å². The lowest BCUT2D eigenvalue weighted by Gasteiger charge is -2.14. The summed E-state index contributed by atoms with van der Waals surface area (Å²) >= 11 is 0. The van der Waals surface area contributed by atoms with E-state index < -0.39 is 0 Å². The maximum Gasteiger partial charge on any atom is 0.255 e. The number of rotatable bonds is 4. The van der Waals surface area contributed by atoms with Gasteiger partial charge in [0.25, 0.3) is 5.91 Å². The summed E-state index contributed by atoms with van der Waals surface area (Å²) in [6, 6.07) is 14.8. The molecule has 4 nitrogen and oxygen atoms in total. The van der Waals surface area contributed by atoms with Gasteiger partial charge < -0.3 is 10.2 Å². The molecular weight excluding hydrogens is 288 g/mol. The molecule has 0 fully saturated rings. The van der Waals surface area contributed by atoms with Gasteiger partial charge in [-0.3, -0.25) is 9.59 Å². The van der Waals surface area contributed by atoms with Crippen LogP contribution in [0.3, 0.4) is 0 Å². The number of nitrogens with zero attached hydrogens (tertiary/aromatic N) is 1. The predicted octanol–water partition coefficient (Wildman–Crippen LogP) is 3.35. The van der Waals surface area contributed by atoms with Crippen LogP contribution >= 0.6 is 0 Å². The van der Waals surface area contributed by atoms with Crippen LogP contribution in [0, 0.1) is 6.92 Å². The van der Waals surface area contributed by atoms with Gasteiger partial charge in [-0.25, -0.2) is 0 Å². The van der Waals surface area contributed by atoms with Crippen molar-refractivity contribution in [1.82, 2.24) is 4.90 Å². The lowest BCUT2D eigenvalue weighted by molar-refractivity contribution is -0.111. The Kier molecular flexibility index (Phi) is 5.31. The second-order valence-electron chi connectivity index (χ2n) is 5.48. The Balaban J connectivity index is 2.11. The first kappa shape index (κ1) is 16.5. The van der Waals surface area contributed by atoms with E-state index in [0.717, 1.165) is 5.56 Å². The van der Waals surface area contributed by atoms with Crippen LogP contribution in [-0.2, 0) is 4.79 Å². The maximum absolute atomic E-state index is 12.1. The third-order valence-corrected chi connectivity index (χ3v) is 3.33. The molecule has 1 N–H and O–H groups in total. The predicted molar refractivity (Wildman–Crippen MR) is 93.3 cm³/mol. The molecule has 0 atom stereocenters. The van der Waals surface area contributed by atoms with Crippen molar-refractivity contribution in [3.05, 3.63) is 71.3 Å². The standard InChI is InChI=1S/C19H20N2O2/c1-14-8-10-15(11-9-14)12-13-18(22)20-17-7-5-4-6-16(17)19(23)21(2)3/h4-13H,1-3H3,(H,20,22)/b13-12+. The molecule has 0 spiro atoms. The van der Waals surface area contributed by atoms with E-state index in [-0.39, 0.29) is 11.8 Å². The summed E-state index contributed by atoms with van der Waals surface area (Å²) in [5, 5.41) is 2.75. The van der Waals surface area contributed by atoms with Crippen molar-refractivity contribution in [2.75, 3.05) is 19.4 Å². The molecule has 0 heterocycles. The SMILES string of the molecule is Cc1ccc(/C=C/C(=O)Nc2ccccc2C(=O)N(C)C)cc1. The molecule has 0 aliphatic carbocycles. The first-order valence-corrected chi connectivity index (χ1v) is 7.34. The van der Waals surface area contributed by atoms with Crippen LogP contribution in [0.4, 0.5) is 5.69 Å². The lowest BCUT2D eigenvalue weighted by atomic mass is 10.1. The zero-order valence-corrected chi connectivity index (χ0v) is 13.5. The Hall–Kier alpha value is -2.88. The highest BCUT2D eigenvalue weighted by atomic mass is 16.2. The van der Waals surface area contributed by atoms with Gasteiger partial charge in [-0.2, -0.15) is 0 Å². The Bertz CT molecular complexity index is 731. The van der Waals surface area contributed by atoms with E-state index in [2.05, 4.69) is 5.32 Å². The number of anilines is 1. The molecular formula is C19H20N2O2. The number of amides is 2. The minimum absolute atomic E-state index is 0.150. The molecule has 23 heavy (non-hydrogen) atoms. The van der Waals surface area contributed by atoms with Crippen molar-refractivity contribution in [3.63, 3.8) is 0 Å². The molecule has 118 valence electrons. The van der Waals surface area contributed by atoms with Gasteiger partial charge in [0.2, 0.25) is 5.91 Å². The summed E-state index contributed by atoms with van der Waals surface area (Å²) in [7, 11) is 3.36. The number of hydrogen-bond acceptors (Lipinski definition) is 2. The number of carbonyl (C=O) groups is 2. The van der Waals surface area contributed by atoms with Crippen LogP contribution in [0.5, 0.6) is 0 Å². The van der Waals surface area contributed by atoms with Gasteiger partial charge >= 0.3 is 0 Å². The number of para-hydroxylation sites is 1. The van der Waals surface area contributed by atoms with Crippen molar-refractivity contribution in [1.29, 1.82) is 0 Å². The second-order valence-corrected chi connectivity index (χ2v) is 5.48. The largest absolute Gasteiger partial charge is 0.345 e. The van der Waals surface area contributed by atoms with Crippen molar-refractivity contribution in [2.45, 2.75) is 6.92 Å². The average Bonchev–Trinajstić information content (AvgIpc) is 2.54. The van der Waals surface area contributed by atoms with E-state index in [1.54, 1.807) is 44.4 Å². The highest BCUT2D eigenvalue weighted by Crippen LogP contribution is 2.16. The van der Waals surface area contributed by atoms with E-state index >= 15 is 0 Å². The third-order valence-electron chi connectivity index (χ3n) is 3.33. The molecule has 0 aromatic heterocycles. The molecule has 0 aliphatic heterocycles. The monoisotopic (exact) mass is 308 g/mol. The summed E-state index contributed by atoms with van der Waals surface area (Å²) in [6.07, 6.45) is 3.20. The molecule has 0 aliphatic rings. The molecule has 0 bridgehead atoms. The summed E-state index contributed by atoms with van der Waals surface area (Å²) < 4.78 is 0. The molecule has 2 amide bonds. The van der Waals surface area contributed by atoms with E-state index in [1.165, 1.54) is 16.5 Å². The van der Waals surface area contributed by atoms with Gasteiger partial charge in [0.05, 0.1) is 11.3 Å². The maximum atomic E-state index is 12.1. The number of nitrogens with one attached hydrogen (secondary N) is 1. The minimum Gasteiger partial charge on any atom is -0.345 e. The van der Waals surface area contributed by atoms with Gasteiger partial charge in [-0.1, -0.05) is 42.0 Å². The summed E-state index contributed by atoms with van der Waals surface area (Å²) in [4.78, 5) is 25.7. The first-order chi connectivity index (χ1) is 11.0. The number of benzene rings is 2. The van der Waals surface area contributed by atoms with Gasteiger partial charge in [0.15, 0.2) is 0 Å². The fourth-order valence-corrected chi connectivity index (χ4v) is 2.04. The molecule has 4 heteroatoms. The van der Waals surface area contributed by atoms with Crippen molar-refractivity contribution in [2.24, 2.45) is 0 Å². The normalized spacial score (nSPS) is 10.6. The molecule has 0 radical (unpaired) electrons.